The summed E-state index contributed by atoms with van der Waals surface area (Å²) in [6.07, 6.45) is 1.80. The van der Waals surface area contributed by atoms with E-state index in [4.69, 9.17) is 27.9 Å². The van der Waals surface area contributed by atoms with E-state index in [1.54, 1.807) is 36.4 Å². The molecule has 0 aromatic heterocycles. The van der Waals surface area contributed by atoms with Crippen LogP contribution in [0.4, 0.5) is 11.4 Å². The highest BCUT2D eigenvalue weighted by Crippen LogP contribution is 2.28. The Morgan fingerprint density at radius 2 is 1.55 bits per heavy atom. The summed E-state index contributed by atoms with van der Waals surface area (Å²) < 4.78 is 5.61. The molecule has 0 bridgehead atoms. The van der Waals surface area contributed by atoms with Crippen LogP contribution in [0, 0.1) is 0 Å². The van der Waals surface area contributed by atoms with Crippen molar-refractivity contribution in [2.24, 2.45) is 5.10 Å². The Morgan fingerprint density at radius 1 is 0.868 bits per heavy atom. The van der Waals surface area contributed by atoms with Gasteiger partial charge in [-0.05, 0) is 54.1 Å². The molecule has 4 aromatic rings. The zero-order valence-electron chi connectivity index (χ0n) is 20.0. The summed E-state index contributed by atoms with van der Waals surface area (Å²) in [6, 6.07) is 30.9. The number of hydrogen-bond acceptors (Lipinski definition) is 4. The first-order chi connectivity index (χ1) is 18.5. The predicted molar refractivity (Wildman–Crippen MR) is 152 cm³/mol. The lowest BCUT2D eigenvalue weighted by molar-refractivity contribution is -0.118. The lowest BCUT2D eigenvalue weighted by Crippen LogP contribution is -2.21. The standard InChI is InChI=1S/C30H21Cl2N3O3/c31-26-16-13-22(18-27(26)32)33-28(36)19-38-24-14-11-20(12-15-24)17-25-29(21-7-3-1-4-8-21)34-35(30(25)37)23-9-5-2-6-10-23/h1-18H,19H2,(H,33,36)/b25-17-. The van der Waals surface area contributed by atoms with Crippen LogP contribution in [0.3, 0.4) is 0 Å². The average Bonchev–Trinajstić information content (AvgIpc) is 3.27. The molecule has 188 valence electrons. The highest BCUT2D eigenvalue weighted by molar-refractivity contribution is 6.42. The number of hydrazone groups is 1. The third-order valence-corrected chi connectivity index (χ3v) is 6.43. The molecule has 0 unspecified atom stereocenters. The van der Waals surface area contributed by atoms with Gasteiger partial charge in [-0.1, -0.05) is 83.9 Å². The van der Waals surface area contributed by atoms with Gasteiger partial charge in [-0.3, -0.25) is 9.59 Å². The SMILES string of the molecule is O=C(COc1ccc(/C=C2\C(=O)N(c3ccccc3)N=C2c2ccccc2)cc1)Nc1ccc(Cl)c(Cl)c1. The van der Waals surface area contributed by atoms with Crippen molar-refractivity contribution >= 4 is 58.2 Å². The Labute approximate surface area is 229 Å². The van der Waals surface area contributed by atoms with E-state index in [9.17, 15) is 9.59 Å². The summed E-state index contributed by atoms with van der Waals surface area (Å²) in [5.41, 5.74) is 3.93. The molecular weight excluding hydrogens is 521 g/mol. The predicted octanol–water partition coefficient (Wildman–Crippen LogP) is 6.85. The smallest absolute Gasteiger partial charge is 0.281 e. The van der Waals surface area contributed by atoms with Crippen LogP contribution in [0.15, 0.2) is 114 Å². The molecule has 5 rings (SSSR count). The Bertz CT molecular complexity index is 1540. The maximum absolute atomic E-state index is 13.4. The third kappa shape index (κ3) is 5.78. The number of anilines is 2. The normalized spacial score (nSPS) is 13.9. The molecular formula is C30H21Cl2N3O3. The highest BCUT2D eigenvalue weighted by atomic mass is 35.5. The van der Waals surface area contributed by atoms with Crippen LogP contribution in [0.1, 0.15) is 11.1 Å². The van der Waals surface area contributed by atoms with Crippen LogP contribution >= 0.6 is 23.2 Å². The van der Waals surface area contributed by atoms with Gasteiger partial charge in [0.25, 0.3) is 11.8 Å². The fourth-order valence-corrected chi connectivity index (χ4v) is 4.14. The Kier molecular flexibility index (Phi) is 7.54. The van der Waals surface area contributed by atoms with Crippen molar-refractivity contribution in [1.82, 2.24) is 0 Å². The van der Waals surface area contributed by atoms with Crippen LogP contribution in [0.25, 0.3) is 6.08 Å². The molecule has 38 heavy (non-hydrogen) atoms. The van der Waals surface area contributed by atoms with Crippen molar-refractivity contribution in [3.8, 4) is 5.75 Å². The number of benzene rings is 4. The summed E-state index contributed by atoms with van der Waals surface area (Å²) in [5.74, 6) is -0.0396. The largest absolute Gasteiger partial charge is 0.484 e. The average molecular weight is 542 g/mol. The highest BCUT2D eigenvalue weighted by Gasteiger charge is 2.31. The second-order valence-corrected chi connectivity index (χ2v) is 9.17. The molecule has 1 N–H and O–H groups in total. The fourth-order valence-electron chi connectivity index (χ4n) is 3.84. The molecule has 0 radical (unpaired) electrons. The lowest BCUT2D eigenvalue weighted by atomic mass is 10.0. The molecule has 2 amide bonds. The summed E-state index contributed by atoms with van der Waals surface area (Å²) >= 11 is 11.9. The minimum absolute atomic E-state index is 0.185. The maximum Gasteiger partial charge on any atom is 0.281 e. The molecule has 1 aliphatic rings. The first kappa shape index (κ1) is 25.3. The lowest BCUT2D eigenvalue weighted by Gasteiger charge is -2.11. The number of nitrogens with zero attached hydrogens (tertiary/aromatic N) is 2. The molecule has 0 aliphatic carbocycles. The number of ether oxygens (including phenoxy) is 1. The van der Waals surface area contributed by atoms with E-state index in [1.807, 2.05) is 72.8 Å². The molecule has 8 heteroatoms. The number of hydrogen-bond donors (Lipinski definition) is 1. The topological polar surface area (TPSA) is 71.0 Å². The second-order valence-electron chi connectivity index (χ2n) is 8.36. The van der Waals surface area contributed by atoms with E-state index in [2.05, 4.69) is 10.4 Å². The molecule has 0 saturated heterocycles. The number of carbonyl (C=O) groups excluding carboxylic acids is 2. The van der Waals surface area contributed by atoms with Crippen molar-refractivity contribution < 1.29 is 14.3 Å². The summed E-state index contributed by atoms with van der Waals surface area (Å²) in [5, 5.41) is 9.53. The number of para-hydroxylation sites is 1. The molecule has 4 aromatic carbocycles. The quantitative estimate of drug-likeness (QED) is 0.260. The second kappa shape index (κ2) is 11.3. The monoisotopic (exact) mass is 541 g/mol. The van der Waals surface area contributed by atoms with Gasteiger partial charge < -0.3 is 10.1 Å². The Morgan fingerprint density at radius 3 is 2.24 bits per heavy atom. The van der Waals surface area contributed by atoms with Crippen LogP contribution in [0.2, 0.25) is 10.0 Å². The summed E-state index contributed by atoms with van der Waals surface area (Å²) in [7, 11) is 0. The van der Waals surface area contributed by atoms with E-state index in [-0.39, 0.29) is 18.4 Å². The summed E-state index contributed by atoms with van der Waals surface area (Å²) in [6.45, 7) is -0.185. The van der Waals surface area contributed by atoms with Crippen molar-refractivity contribution in [1.29, 1.82) is 0 Å². The van der Waals surface area contributed by atoms with Gasteiger partial charge in [0, 0.05) is 11.3 Å². The molecule has 1 heterocycles. The van der Waals surface area contributed by atoms with Crippen molar-refractivity contribution in [2.45, 2.75) is 0 Å². The van der Waals surface area contributed by atoms with Crippen molar-refractivity contribution in [3.63, 3.8) is 0 Å². The number of amides is 2. The van der Waals surface area contributed by atoms with Crippen LogP contribution in [-0.2, 0) is 9.59 Å². The number of rotatable bonds is 7. The van der Waals surface area contributed by atoms with E-state index < -0.39 is 0 Å². The molecule has 1 aliphatic heterocycles. The van der Waals surface area contributed by atoms with Gasteiger partial charge in [0.15, 0.2) is 6.61 Å². The van der Waals surface area contributed by atoms with Gasteiger partial charge in [0.05, 0.1) is 21.3 Å². The maximum atomic E-state index is 13.4. The van der Waals surface area contributed by atoms with Crippen LogP contribution in [0.5, 0.6) is 5.75 Å². The first-order valence-electron chi connectivity index (χ1n) is 11.7. The van der Waals surface area contributed by atoms with Gasteiger partial charge in [0.2, 0.25) is 0 Å². The van der Waals surface area contributed by atoms with Crippen LogP contribution in [-0.4, -0.2) is 24.1 Å². The van der Waals surface area contributed by atoms with E-state index >= 15 is 0 Å². The molecule has 0 atom stereocenters. The summed E-state index contributed by atoms with van der Waals surface area (Å²) in [4.78, 5) is 25.6. The van der Waals surface area contributed by atoms with E-state index in [0.29, 0.717) is 38.5 Å². The molecule has 0 spiro atoms. The van der Waals surface area contributed by atoms with E-state index in [0.717, 1.165) is 11.1 Å². The molecule has 0 saturated carbocycles. The number of nitrogens with one attached hydrogen (secondary N) is 1. The number of carbonyl (C=O) groups is 2. The molecule has 6 nitrogen and oxygen atoms in total. The van der Waals surface area contributed by atoms with E-state index in [1.165, 1.54) is 5.01 Å². The zero-order valence-corrected chi connectivity index (χ0v) is 21.5. The minimum Gasteiger partial charge on any atom is -0.484 e. The first-order valence-corrected chi connectivity index (χ1v) is 12.5. The van der Waals surface area contributed by atoms with Gasteiger partial charge in [-0.2, -0.15) is 10.1 Å². The zero-order chi connectivity index (χ0) is 26.5. The minimum atomic E-state index is -0.337. The fraction of sp³-hybridized carbons (Fsp3) is 0.0333. The third-order valence-electron chi connectivity index (χ3n) is 5.69. The number of halogens is 2. The Hall–Kier alpha value is -4.39. The molecule has 0 fully saturated rings. The van der Waals surface area contributed by atoms with Crippen molar-refractivity contribution in [3.05, 3.63) is 130 Å². The van der Waals surface area contributed by atoms with Gasteiger partial charge >= 0.3 is 0 Å². The van der Waals surface area contributed by atoms with Gasteiger partial charge in [-0.25, -0.2) is 0 Å². The Balaban J connectivity index is 1.30. The van der Waals surface area contributed by atoms with Gasteiger partial charge in [-0.15, -0.1) is 0 Å². The van der Waals surface area contributed by atoms with Gasteiger partial charge in [0.1, 0.15) is 11.5 Å². The van der Waals surface area contributed by atoms with Crippen LogP contribution < -0.4 is 15.1 Å². The van der Waals surface area contributed by atoms with Crippen molar-refractivity contribution in [2.75, 3.05) is 16.9 Å².